The van der Waals surface area contributed by atoms with Gasteiger partial charge in [0.05, 0.1) is 0 Å². The molecule has 0 spiro atoms. The molecule has 45 heavy (non-hydrogen) atoms. The Morgan fingerprint density at radius 1 is 0.422 bits per heavy atom. The second kappa shape index (κ2) is 29.8. The summed E-state index contributed by atoms with van der Waals surface area (Å²) in [5.74, 6) is -3.35. The summed E-state index contributed by atoms with van der Waals surface area (Å²) in [7, 11) is 0. The molecule has 0 aromatic carbocycles. The molecule has 0 aliphatic rings. The van der Waals surface area contributed by atoms with Crippen LogP contribution >= 0.6 is 0 Å². The predicted molar refractivity (Wildman–Crippen MR) is 175 cm³/mol. The number of carboxylic acids is 5. The minimum Gasteiger partial charge on any atom is -0.480 e. The number of hydrogen-bond donors (Lipinski definition) is 10. The summed E-state index contributed by atoms with van der Waals surface area (Å²) in [6.45, 7) is 19.2. The molecule has 7 atom stereocenters. The fourth-order valence-corrected chi connectivity index (χ4v) is 2.82. The van der Waals surface area contributed by atoms with Crippen molar-refractivity contribution < 1.29 is 49.5 Å². The molecule has 0 amide bonds. The van der Waals surface area contributed by atoms with Crippen molar-refractivity contribution in [3.63, 3.8) is 0 Å². The normalized spacial score (nSPS) is 15.0. The van der Waals surface area contributed by atoms with E-state index >= 15 is 0 Å². The van der Waals surface area contributed by atoms with Gasteiger partial charge >= 0.3 is 29.8 Å². The number of hydrogen-bond acceptors (Lipinski definition) is 10. The van der Waals surface area contributed by atoms with Gasteiger partial charge in [0.25, 0.3) is 0 Å². The number of rotatable bonds is 15. The Bertz CT molecular complexity index is 724. The third kappa shape index (κ3) is 37.2. The van der Waals surface area contributed by atoms with Gasteiger partial charge in [0.2, 0.25) is 0 Å². The van der Waals surface area contributed by atoms with Gasteiger partial charge in [0.1, 0.15) is 30.2 Å². The smallest absolute Gasteiger partial charge is 0.320 e. The summed E-state index contributed by atoms with van der Waals surface area (Å²) in [4.78, 5) is 50.7. The van der Waals surface area contributed by atoms with E-state index in [-0.39, 0.29) is 11.8 Å². The van der Waals surface area contributed by atoms with Crippen LogP contribution < -0.4 is 28.7 Å². The highest BCUT2D eigenvalue weighted by Gasteiger charge is 2.18. The van der Waals surface area contributed by atoms with Gasteiger partial charge in [0, 0.05) is 0 Å². The lowest BCUT2D eigenvalue weighted by atomic mass is 10.0. The predicted octanol–water partition coefficient (Wildman–Crippen LogP) is 2.22. The lowest BCUT2D eigenvalue weighted by Gasteiger charge is -2.11. The van der Waals surface area contributed by atoms with Crippen LogP contribution in [0, 0.1) is 29.6 Å². The van der Waals surface area contributed by atoms with Crippen LogP contribution in [0.3, 0.4) is 0 Å². The van der Waals surface area contributed by atoms with Gasteiger partial charge in [-0.15, -0.1) is 0 Å². The van der Waals surface area contributed by atoms with Crippen LogP contribution in [-0.4, -0.2) is 85.6 Å². The summed E-state index contributed by atoms with van der Waals surface area (Å²) >= 11 is 0. The highest BCUT2D eigenvalue weighted by atomic mass is 16.4. The van der Waals surface area contributed by atoms with Gasteiger partial charge < -0.3 is 54.2 Å². The Morgan fingerprint density at radius 3 is 0.644 bits per heavy atom. The number of carboxylic acid groups (broad SMARTS) is 5. The largest absolute Gasteiger partial charge is 0.480 e. The molecule has 0 aromatic heterocycles. The van der Waals surface area contributed by atoms with E-state index in [4.69, 9.17) is 54.2 Å². The number of aliphatic carboxylic acids is 5. The van der Waals surface area contributed by atoms with E-state index in [1.807, 2.05) is 69.2 Å². The Morgan fingerprint density at radius 2 is 0.600 bits per heavy atom. The quantitative estimate of drug-likeness (QED) is 0.121. The minimum atomic E-state index is -0.913. The average molecular weight is 656 g/mol. The van der Waals surface area contributed by atoms with Gasteiger partial charge in [-0.1, -0.05) is 82.1 Å². The van der Waals surface area contributed by atoms with E-state index in [2.05, 4.69) is 0 Å². The van der Waals surface area contributed by atoms with E-state index in [0.717, 1.165) is 12.8 Å². The molecule has 15 N–H and O–H groups in total. The maximum absolute atomic E-state index is 10.2. The molecule has 15 heteroatoms. The molecule has 0 aliphatic carbocycles. The van der Waals surface area contributed by atoms with Crippen LogP contribution in [0.4, 0.5) is 0 Å². The van der Waals surface area contributed by atoms with Crippen LogP contribution in [0.15, 0.2) is 0 Å². The molecule has 0 aliphatic heterocycles. The van der Waals surface area contributed by atoms with Gasteiger partial charge in [-0.25, -0.2) is 0 Å². The molecule has 0 aromatic rings. The topological polar surface area (TPSA) is 317 Å². The maximum Gasteiger partial charge on any atom is 0.320 e. The van der Waals surface area contributed by atoms with E-state index in [1.165, 1.54) is 0 Å². The summed E-state index contributed by atoms with van der Waals surface area (Å²) in [5, 5.41) is 41.6. The lowest BCUT2D eigenvalue weighted by molar-refractivity contribution is -0.140. The van der Waals surface area contributed by atoms with Gasteiger partial charge in [-0.05, 0) is 48.9 Å². The Kier molecular flexibility index (Phi) is 34.3. The first-order valence-electron chi connectivity index (χ1n) is 15.2. The Labute approximate surface area is 269 Å². The Balaban J connectivity index is -0.000000148. The first-order chi connectivity index (χ1) is 20.3. The molecular weight excluding hydrogens is 590 g/mol. The van der Waals surface area contributed by atoms with Crippen LogP contribution in [0.1, 0.15) is 101 Å². The van der Waals surface area contributed by atoms with Crippen molar-refractivity contribution >= 4 is 29.8 Å². The summed E-state index contributed by atoms with van der Waals surface area (Å²) < 4.78 is 0. The third-order valence-electron chi connectivity index (χ3n) is 6.21. The molecule has 0 bridgehead atoms. The highest BCUT2D eigenvalue weighted by Crippen LogP contribution is 2.05. The SMILES string of the molecule is CC(C)C[C@H](N)C(=O)O.CC(C)C[C@H](N)C(=O)O.CC(C)C[C@H](N)C(=O)O.CC[C@H](C)[C@H](N)C(=O)O.CC[C@H](C)[C@H](N)C(=O)O. The molecule has 0 saturated heterocycles. The molecule has 270 valence electrons. The van der Waals surface area contributed by atoms with Crippen LogP contribution in [0.25, 0.3) is 0 Å². The van der Waals surface area contributed by atoms with Crippen molar-refractivity contribution in [2.75, 3.05) is 0 Å². The molecule has 0 heterocycles. The van der Waals surface area contributed by atoms with Crippen molar-refractivity contribution in [3.05, 3.63) is 0 Å². The van der Waals surface area contributed by atoms with Crippen molar-refractivity contribution in [3.8, 4) is 0 Å². The second-order valence-corrected chi connectivity index (χ2v) is 12.2. The van der Waals surface area contributed by atoms with E-state index < -0.39 is 60.1 Å². The van der Waals surface area contributed by atoms with Gasteiger partial charge in [-0.2, -0.15) is 0 Å². The molecule has 0 rings (SSSR count). The molecule has 0 fully saturated rings. The average Bonchev–Trinajstić information content (AvgIpc) is 2.91. The first kappa shape index (κ1) is 51.7. The van der Waals surface area contributed by atoms with E-state index in [0.29, 0.717) is 37.0 Å². The van der Waals surface area contributed by atoms with Crippen molar-refractivity contribution in [1.82, 2.24) is 0 Å². The number of carbonyl (C=O) groups is 5. The van der Waals surface area contributed by atoms with Gasteiger partial charge in [-0.3, -0.25) is 24.0 Å². The van der Waals surface area contributed by atoms with Crippen LogP contribution in [-0.2, 0) is 24.0 Å². The minimum absolute atomic E-state index is 0.0718. The number of nitrogens with two attached hydrogens (primary N) is 5. The molecule has 0 radical (unpaired) electrons. The van der Waals surface area contributed by atoms with Crippen LogP contribution in [0.5, 0.6) is 0 Å². The van der Waals surface area contributed by atoms with Gasteiger partial charge in [0.15, 0.2) is 0 Å². The zero-order valence-corrected chi connectivity index (χ0v) is 29.0. The maximum atomic E-state index is 10.2. The summed E-state index contributed by atoms with van der Waals surface area (Å²) in [6, 6.07) is -3.47. The summed E-state index contributed by atoms with van der Waals surface area (Å²) in [6.07, 6.45) is 3.28. The molecular formula is C30H65N5O10. The fraction of sp³-hybridized carbons (Fsp3) is 0.833. The first-order valence-corrected chi connectivity index (χ1v) is 15.2. The lowest BCUT2D eigenvalue weighted by Crippen LogP contribution is -2.36. The fourth-order valence-electron chi connectivity index (χ4n) is 2.82. The standard InChI is InChI=1S/5C6H13NO2/c3*1-4(2)3-5(7)6(8)9;2*1-3-4(2)5(7)6(8)9/h5*4-5H,3,7H2,1-2H3,(H,8,9)/t3*5-;2*4-,5-/m00000/s1. The van der Waals surface area contributed by atoms with Crippen molar-refractivity contribution in [2.45, 2.75) is 132 Å². The van der Waals surface area contributed by atoms with Crippen LogP contribution in [0.2, 0.25) is 0 Å². The monoisotopic (exact) mass is 655 g/mol. The van der Waals surface area contributed by atoms with Crippen molar-refractivity contribution in [2.24, 2.45) is 58.3 Å². The van der Waals surface area contributed by atoms with Crippen molar-refractivity contribution in [1.29, 1.82) is 0 Å². The van der Waals surface area contributed by atoms with E-state index in [1.54, 1.807) is 0 Å². The second-order valence-electron chi connectivity index (χ2n) is 12.2. The summed E-state index contributed by atoms with van der Waals surface area (Å²) in [5.41, 5.74) is 26.2. The zero-order valence-electron chi connectivity index (χ0n) is 29.0. The van der Waals surface area contributed by atoms with E-state index in [9.17, 15) is 24.0 Å². The molecule has 15 nitrogen and oxygen atoms in total. The highest BCUT2D eigenvalue weighted by molar-refractivity contribution is 5.74. The molecule has 0 unspecified atom stereocenters. The zero-order chi connectivity index (χ0) is 37.2. The third-order valence-corrected chi connectivity index (χ3v) is 6.21. The Hall–Kier alpha value is -2.85. The molecule has 0 saturated carbocycles.